The van der Waals surface area contributed by atoms with Gasteiger partial charge >= 0.3 is 6.09 Å². The number of ether oxygens (including phenoxy) is 1. The number of anilines is 1. The molecule has 1 amide bonds. The van der Waals surface area contributed by atoms with Crippen LogP contribution in [0.5, 0.6) is 0 Å². The van der Waals surface area contributed by atoms with Gasteiger partial charge in [0.2, 0.25) is 10.0 Å². The van der Waals surface area contributed by atoms with Gasteiger partial charge in [-0.25, -0.2) is 17.9 Å². The number of methoxy groups -OCH3 is 1. The third-order valence-corrected chi connectivity index (χ3v) is 5.85. The Morgan fingerprint density at radius 3 is 2.65 bits per heavy atom. The van der Waals surface area contributed by atoms with Crippen molar-refractivity contribution in [1.29, 1.82) is 0 Å². The van der Waals surface area contributed by atoms with E-state index in [1.807, 2.05) is 17.5 Å². The van der Waals surface area contributed by atoms with Crippen LogP contribution in [0, 0.1) is 0 Å². The van der Waals surface area contributed by atoms with Gasteiger partial charge in [-0.05, 0) is 42.5 Å². The molecule has 2 aromatic heterocycles. The van der Waals surface area contributed by atoms with E-state index in [0.717, 1.165) is 16.2 Å². The second-order valence-corrected chi connectivity index (χ2v) is 8.01. The number of thiophene rings is 1. The van der Waals surface area contributed by atoms with Crippen molar-refractivity contribution in [3.05, 3.63) is 59.0 Å². The van der Waals surface area contributed by atoms with Crippen LogP contribution in [-0.2, 0) is 21.3 Å². The van der Waals surface area contributed by atoms with Crippen molar-refractivity contribution in [2.24, 2.45) is 0 Å². The topological polar surface area (TPSA) is 97.6 Å². The summed E-state index contributed by atoms with van der Waals surface area (Å²) >= 11 is 1.45. The molecule has 1 aromatic carbocycles. The van der Waals surface area contributed by atoms with Gasteiger partial charge in [-0.15, -0.1) is 11.3 Å². The van der Waals surface area contributed by atoms with Gasteiger partial charge in [0.05, 0.1) is 18.3 Å². The van der Waals surface area contributed by atoms with Crippen molar-refractivity contribution in [1.82, 2.24) is 4.72 Å². The van der Waals surface area contributed by atoms with Crippen LogP contribution in [0.3, 0.4) is 0 Å². The van der Waals surface area contributed by atoms with Crippen molar-refractivity contribution in [3.63, 3.8) is 0 Å². The maximum atomic E-state index is 12.4. The highest BCUT2D eigenvalue weighted by Crippen LogP contribution is 2.26. The molecule has 0 fully saturated rings. The average molecular weight is 392 g/mol. The van der Waals surface area contributed by atoms with Crippen LogP contribution < -0.4 is 10.0 Å². The maximum Gasteiger partial charge on any atom is 0.411 e. The van der Waals surface area contributed by atoms with Crippen molar-refractivity contribution in [2.75, 3.05) is 12.4 Å². The zero-order valence-corrected chi connectivity index (χ0v) is 15.4. The summed E-state index contributed by atoms with van der Waals surface area (Å²) in [4.78, 5) is 12.1. The Morgan fingerprint density at radius 2 is 2.00 bits per heavy atom. The molecule has 2 N–H and O–H groups in total. The largest absolute Gasteiger partial charge is 0.464 e. The summed E-state index contributed by atoms with van der Waals surface area (Å²) in [6.45, 7) is 0.176. The number of rotatable bonds is 6. The molecule has 0 aliphatic carbocycles. The summed E-state index contributed by atoms with van der Waals surface area (Å²) in [5.41, 5.74) is 1.35. The Morgan fingerprint density at radius 1 is 1.23 bits per heavy atom. The van der Waals surface area contributed by atoms with Gasteiger partial charge in [0, 0.05) is 28.1 Å². The van der Waals surface area contributed by atoms with Crippen LogP contribution in [-0.4, -0.2) is 21.6 Å². The zero-order chi connectivity index (χ0) is 18.6. The lowest BCUT2D eigenvalue weighted by Crippen LogP contribution is -2.22. The first-order valence-corrected chi connectivity index (χ1v) is 9.90. The number of nitrogens with one attached hydrogen (secondary N) is 2. The summed E-state index contributed by atoms with van der Waals surface area (Å²) in [7, 11) is -2.41. The predicted molar refractivity (Wildman–Crippen MR) is 98.5 cm³/mol. The van der Waals surface area contributed by atoms with Crippen molar-refractivity contribution < 1.29 is 22.4 Å². The Balaban J connectivity index is 1.64. The molecular weight excluding hydrogens is 376 g/mol. The Hall–Kier alpha value is -2.62. The van der Waals surface area contributed by atoms with E-state index in [1.165, 1.54) is 42.7 Å². The first-order valence-electron chi connectivity index (χ1n) is 7.54. The molecule has 0 bridgehead atoms. The van der Waals surface area contributed by atoms with E-state index in [4.69, 9.17) is 4.42 Å². The fourth-order valence-electron chi connectivity index (χ4n) is 2.18. The second kappa shape index (κ2) is 7.73. The molecule has 2 heterocycles. The van der Waals surface area contributed by atoms with Crippen molar-refractivity contribution in [2.45, 2.75) is 11.4 Å². The second-order valence-electron chi connectivity index (χ2n) is 5.24. The van der Waals surface area contributed by atoms with E-state index in [1.54, 1.807) is 12.3 Å². The van der Waals surface area contributed by atoms with E-state index in [0.29, 0.717) is 5.69 Å². The molecule has 136 valence electrons. The zero-order valence-electron chi connectivity index (χ0n) is 13.8. The van der Waals surface area contributed by atoms with Gasteiger partial charge in [-0.2, -0.15) is 0 Å². The lowest BCUT2D eigenvalue weighted by molar-refractivity contribution is 0.187. The summed E-state index contributed by atoms with van der Waals surface area (Å²) in [6, 6.07) is 11.3. The van der Waals surface area contributed by atoms with Gasteiger partial charge in [0.25, 0.3) is 0 Å². The van der Waals surface area contributed by atoms with Crippen LogP contribution in [0.25, 0.3) is 11.3 Å². The van der Waals surface area contributed by atoms with Gasteiger partial charge in [0.1, 0.15) is 5.76 Å². The molecule has 3 rings (SSSR count). The Bertz CT molecular complexity index is 977. The molecular formula is C17H16N2O5S2. The molecule has 3 aromatic rings. The molecule has 0 unspecified atom stereocenters. The standard InChI is InChI=1S/C17H16N2O5S2/c1-23-17(20)19-13-4-6-15(7-5-13)26(21,22)18-10-14-9-12(11-25-14)16-3-2-8-24-16/h2-9,11,18H,10H2,1H3,(H,19,20). The van der Waals surface area contributed by atoms with E-state index < -0.39 is 16.1 Å². The van der Waals surface area contributed by atoms with Crippen LogP contribution in [0.1, 0.15) is 4.88 Å². The summed E-state index contributed by atoms with van der Waals surface area (Å²) < 4.78 is 37.2. The molecule has 0 saturated heterocycles. The van der Waals surface area contributed by atoms with E-state index in [2.05, 4.69) is 14.8 Å². The quantitative estimate of drug-likeness (QED) is 0.667. The predicted octanol–water partition coefficient (Wildman–Crippen LogP) is 3.66. The summed E-state index contributed by atoms with van der Waals surface area (Å²) in [6.07, 6.45) is 0.970. The van der Waals surface area contributed by atoms with Gasteiger partial charge in [0.15, 0.2) is 0 Å². The van der Waals surface area contributed by atoms with Gasteiger partial charge < -0.3 is 9.15 Å². The fourth-order valence-corrected chi connectivity index (χ4v) is 4.09. The lowest BCUT2D eigenvalue weighted by Gasteiger charge is -2.07. The molecule has 26 heavy (non-hydrogen) atoms. The van der Waals surface area contributed by atoms with Crippen LogP contribution in [0.2, 0.25) is 0 Å². The van der Waals surface area contributed by atoms with E-state index in [-0.39, 0.29) is 11.4 Å². The molecule has 0 radical (unpaired) electrons. The number of sulfonamides is 1. The highest BCUT2D eigenvalue weighted by Gasteiger charge is 2.15. The summed E-state index contributed by atoms with van der Waals surface area (Å²) in [5, 5.41) is 4.37. The number of furan rings is 1. The minimum Gasteiger partial charge on any atom is -0.464 e. The van der Waals surface area contributed by atoms with Gasteiger partial charge in [-0.3, -0.25) is 5.32 Å². The Labute approximate surface area is 154 Å². The Kier molecular flexibility index (Phi) is 5.40. The maximum absolute atomic E-state index is 12.4. The monoisotopic (exact) mass is 392 g/mol. The number of carbonyl (C=O) groups is 1. The van der Waals surface area contributed by atoms with E-state index in [9.17, 15) is 13.2 Å². The van der Waals surface area contributed by atoms with E-state index >= 15 is 0 Å². The number of benzene rings is 1. The normalized spacial score (nSPS) is 11.3. The first kappa shape index (κ1) is 18.2. The van der Waals surface area contributed by atoms with Crippen LogP contribution >= 0.6 is 11.3 Å². The minimum atomic E-state index is -3.66. The summed E-state index contributed by atoms with van der Waals surface area (Å²) in [5.74, 6) is 0.740. The highest BCUT2D eigenvalue weighted by molar-refractivity contribution is 7.89. The highest BCUT2D eigenvalue weighted by atomic mass is 32.2. The smallest absolute Gasteiger partial charge is 0.411 e. The molecule has 0 saturated carbocycles. The molecule has 0 atom stereocenters. The molecule has 7 nitrogen and oxygen atoms in total. The van der Waals surface area contributed by atoms with Crippen LogP contribution in [0.15, 0.2) is 63.4 Å². The first-order chi connectivity index (χ1) is 12.5. The van der Waals surface area contributed by atoms with Crippen LogP contribution in [0.4, 0.5) is 10.5 Å². The number of hydrogen-bond donors (Lipinski definition) is 2. The molecule has 0 aliphatic heterocycles. The third-order valence-electron chi connectivity index (χ3n) is 3.49. The molecule has 0 aliphatic rings. The third kappa shape index (κ3) is 4.31. The van der Waals surface area contributed by atoms with Gasteiger partial charge in [-0.1, -0.05) is 0 Å². The number of hydrogen-bond acceptors (Lipinski definition) is 6. The van der Waals surface area contributed by atoms with Crippen molar-refractivity contribution >= 4 is 33.1 Å². The minimum absolute atomic E-state index is 0.107. The average Bonchev–Trinajstić information content (AvgIpc) is 3.32. The SMILES string of the molecule is COC(=O)Nc1ccc(S(=O)(=O)NCc2cc(-c3ccco3)cs2)cc1. The van der Waals surface area contributed by atoms with Crippen molar-refractivity contribution in [3.8, 4) is 11.3 Å². The number of amides is 1. The molecule has 9 heteroatoms. The molecule has 0 spiro atoms. The number of carbonyl (C=O) groups excluding carboxylic acids is 1. The lowest BCUT2D eigenvalue weighted by atomic mass is 10.2. The fraction of sp³-hybridized carbons (Fsp3) is 0.118.